The first kappa shape index (κ1) is 17.8. The summed E-state index contributed by atoms with van der Waals surface area (Å²) in [5.74, 6) is 0.463. The van der Waals surface area contributed by atoms with Gasteiger partial charge in [-0.2, -0.15) is 4.98 Å². The molecule has 1 fully saturated rings. The summed E-state index contributed by atoms with van der Waals surface area (Å²) < 4.78 is 18.6. The molecule has 2 atom stereocenters. The first-order chi connectivity index (χ1) is 13.1. The molecule has 0 bridgehead atoms. The number of hydrazine groups is 1. The number of rotatable bonds is 5. The van der Waals surface area contributed by atoms with Crippen LogP contribution in [0.1, 0.15) is 29.5 Å². The Morgan fingerprint density at radius 1 is 1.41 bits per heavy atom. The van der Waals surface area contributed by atoms with Crippen molar-refractivity contribution in [2.45, 2.75) is 32.0 Å². The fraction of sp³-hybridized carbons (Fsp3) is 0.278. The summed E-state index contributed by atoms with van der Waals surface area (Å²) in [7, 11) is 0. The Labute approximate surface area is 159 Å². The van der Waals surface area contributed by atoms with E-state index in [4.69, 9.17) is 4.52 Å². The van der Waals surface area contributed by atoms with Crippen molar-refractivity contribution in [3.05, 3.63) is 58.5 Å². The molecule has 4 rings (SSSR count). The average molecular weight is 387 g/mol. The number of aromatic nitrogens is 2. The van der Waals surface area contributed by atoms with E-state index in [0.29, 0.717) is 23.7 Å². The molecule has 3 heterocycles. The highest BCUT2D eigenvalue weighted by atomic mass is 32.1. The van der Waals surface area contributed by atoms with E-state index in [1.165, 1.54) is 17.4 Å². The number of benzene rings is 1. The van der Waals surface area contributed by atoms with Crippen LogP contribution in [0.15, 0.2) is 40.2 Å². The van der Waals surface area contributed by atoms with Gasteiger partial charge in [0.05, 0.1) is 11.4 Å². The molecular weight excluding hydrogens is 369 g/mol. The second-order valence-electron chi connectivity index (χ2n) is 6.34. The Hall–Kier alpha value is -2.62. The van der Waals surface area contributed by atoms with Gasteiger partial charge in [-0.05, 0) is 42.0 Å². The van der Waals surface area contributed by atoms with Crippen LogP contribution in [-0.2, 0) is 11.3 Å². The second kappa shape index (κ2) is 7.55. The lowest BCUT2D eigenvalue weighted by Crippen LogP contribution is -2.42. The maximum Gasteiger partial charge on any atom is 0.246 e. The van der Waals surface area contributed by atoms with Crippen LogP contribution in [0.5, 0.6) is 0 Å². The van der Waals surface area contributed by atoms with Gasteiger partial charge in [0.2, 0.25) is 17.6 Å². The summed E-state index contributed by atoms with van der Waals surface area (Å²) in [4.78, 5) is 17.6. The summed E-state index contributed by atoms with van der Waals surface area (Å²) >= 11 is 1.52. The van der Waals surface area contributed by atoms with Gasteiger partial charge < -0.3 is 9.84 Å². The molecule has 1 amide bonds. The van der Waals surface area contributed by atoms with E-state index in [9.17, 15) is 9.18 Å². The molecule has 3 aromatic rings. The maximum atomic E-state index is 13.4. The molecule has 27 heavy (non-hydrogen) atoms. The van der Waals surface area contributed by atoms with Crippen molar-refractivity contribution < 1.29 is 13.7 Å². The Morgan fingerprint density at radius 2 is 2.30 bits per heavy atom. The molecule has 0 radical (unpaired) electrons. The van der Waals surface area contributed by atoms with Crippen LogP contribution >= 0.6 is 11.3 Å². The van der Waals surface area contributed by atoms with E-state index in [0.717, 1.165) is 10.4 Å². The smallest absolute Gasteiger partial charge is 0.246 e. The van der Waals surface area contributed by atoms with Crippen molar-refractivity contribution in [2.75, 3.05) is 0 Å². The molecule has 1 aliphatic heterocycles. The standard InChI is InChI=1S/C18H18FN5O2S/c1-10-7-11(4-5-12(10)19)13-8-14(23-22-13)18(25)20-9-16-21-17(24-26-16)15-3-2-6-27-15/h2-7,13-14,22-23H,8-9H2,1H3,(H,20,25). The fourth-order valence-electron chi connectivity index (χ4n) is 2.95. The largest absolute Gasteiger partial charge is 0.346 e. The van der Waals surface area contributed by atoms with Gasteiger partial charge in [0.15, 0.2) is 0 Å². The predicted octanol–water partition coefficient (Wildman–Crippen LogP) is 2.47. The molecule has 7 nitrogen and oxygen atoms in total. The molecule has 0 aliphatic carbocycles. The lowest BCUT2D eigenvalue weighted by molar-refractivity contribution is -0.123. The third-order valence-corrected chi connectivity index (χ3v) is 5.29. The van der Waals surface area contributed by atoms with Gasteiger partial charge in [-0.1, -0.05) is 23.4 Å². The monoisotopic (exact) mass is 387 g/mol. The van der Waals surface area contributed by atoms with Gasteiger partial charge in [0.1, 0.15) is 11.9 Å². The third-order valence-electron chi connectivity index (χ3n) is 4.43. The molecule has 1 saturated heterocycles. The average Bonchev–Trinajstić information content (AvgIpc) is 3.42. The topological polar surface area (TPSA) is 92.1 Å². The van der Waals surface area contributed by atoms with E-state index >= 15 is 0 Å². The van der Waals surface area contributed by atoms with Crippen LogP contribution in [0.4, 0.5) is 4.39 Å². The highest BCUT2D eigenvalue weighted by Gasteiger charge is 2.30. The van der Waals surface area contributed by atoms with Crippen molar-refractivity contribution in [3.8, 4) is 10.7 Å². The van der Waals surface area contributed by atoms with Crippen LogP contribution in [0, 0.1) is 12.7 Å². The lowest BCUT2D eigenvalue weighted by atomic mass is 10.00. The number of thiophene rings is 1. The van der Waals surface area contributed by atoms with Crippen LogP contribution in [0.3, 0.4) is 0 Å². The minimum Gasteiger partial charge on any atom is -0.346 e. The normalized spacial score (nSPS) is 19.3. The number of carbonyl (C=O) groups excluding carboxylic acids is 1. The Bertz CT molecular complexity index is 943. The van der Waals surface area contributed by atoms with E-state index in [1.807, 2.05) is 17.5 Å². The van der Waals surface area contributed by atoms with E-state index < -0.39 is 6.04 Å². The van der Waals surface area contributed by atoms with Gasteiger partial charge in [0, 0.05) is 6.04 Å². The molecule has 9 heteroatoms. The highest BCUT2D eigenvalue weighted by molar-refractivity contribution is 7.13. The van der Waals surface area contributed by atoms with Gasteiger partial charge in [-0.3, -0.25) is 4.79 Å². The van der Waals surface area contributed by atoms with Crippen LogP contribution in [-0.4, -0.2) is 22.1 Å². The zero-order chi connectivity index (χ0) is 18.8. The van der Waals surface area contributed by atoms with Crippen molar-refractivity contribution in [1.82, 2.24) is 26.3 Å². The molecule has 3 N–H and O–H groups in total. The minimum atomic E-state index is -0.403. The number of nitrogens with zero attached hydrogens (tertiary/aromatic N) is 2. The summed E-state index contributed by atoms with van der Waals surface area (Å²) in [5.41, 5.74) is 7.59. The summed E-state index contributed by atoms with van der Waals surface area (Å²) in [6, 6.07) is 8.32. The van der Waals surface area contributed by atoms with E-state index in [-0.39, 0.29) is 24.3 Å². The highest BCUT2D eigenvalue weighted by Crippen LogP contribution is 2.24. The quantitative estimate of drug-likeness (QED) is 0.623. The number of hydrogen-bond acceptors (Lipinski definition) is 7. The Balaban J connectivity index is 1.32. The molecule has 140 valence electrons. The number of amides is 1. The Morgan fingerprint density at radius 3 is 3.07 bits per heavy atom. The number of nitrogens with one attached hydrogen (secondary N) is 3. The maximum absolute atomic E-state index is 13.4. The van der Waals surface area contributed by atoms with E-state index in [1.54, 1.807) is 19.1 Å². The third kappa shape index (κ3) is 3.90. The predicted molar refractivity (Wildman–Crippen MR) is 98.0 cm³/mol. The first-order valence-electron chi connectivity index (χ1n) is 8.51. The number of hydrogen-bond donors (Lipinski definition) is 3. The lowest BCUT2D eigenvalue weighted by Gasteiger charge is -2.11. The number of carbonyl (C=O) groups is 1. The van der Waals surface area contributed by atoms with Gasteiger partial charge >= 0.3 is 0 Å². The van der Waals surface area contributed by atoms with E-state index in [2.05, 4.69) is 26.3 Å². The number of aryl methyl sites for hydroxylation is 1. The van der Waals surface area contributed by atoms with Crippen molar-refractivity contribution >= 4 is 17.2 Å². The van der Waals surface area contributed by atoms with Crippen molar-refractivity contribution in [1.29, 1.82) is 0 Å². The molecule has 0 spiro atoms. The fourth-order valence-corrected chi connectivity index (χ4v) is 3.60. The summed E-state index contributed by atoms with van der Waals surface area (Å²) in [6.07, 6.45) is 0.557. The second-order valence-corrected chi connectivity index (χ2v) is 7.29. The molecule has 1 aliphatic rings. The zero-order valence-corrected chi connectivity index (χ0v) is 15.3. The molecular formula is C18H18FN5O2S. The Kier molecular flexibility index (Phi) is 4.97. The van der Waals surface area contributed by atoms with Crippen LogP contribution < -0.4 is 16.2 Å². The summed E-state index contributed by atoms with van der Waals surface area (Å²) in [5, 5.41) is 8.65. The molecule has 0 saturated carbocycles. The van der Waals surface area contributed by atoms with Crippen LogP contribution in [0.2, 0.25) is 0 Å². The van der Waals surface area contributed by atoms with Crippen molar-refractivity contribution in [2.24, 2.45) is 0 Å². The minimum absolute atomic E-state index is 0.0612. The van der Waals surface area contributed by atoms with Gasteiger partial charge in [-0.25, -0.2) is 15.2 Å². The number of halogens is 1. The van der Waals surface area contributed by atoms with Gasteiger partial charge in [-0.15, -0.1) is 11.3 Å². The molecule has 1 aromatic carbocycles. The first-order valence-corrected chi connectivity index (χ1v) is 9.39. The van der Waals surface area contributed by atoms with Crippen LogP contribution in [0.25, 0.3) is 10.7 Å². The van der Waals surface area contributed by atoms with Crippen molar-refractivity contribution in [3.63, 3.8) is 0 Å². The molecule has 2 aromatic heterocycles. The van der Waals surface area contributed by atoms with Gasteiger partial charge in [0.25, 0.3) is 0 Å². The SMILES string of the molecule is Cc1cc(C2CC(C(=O)NCc3nc(-c4cccs4)no3)NN2)ccc1F. The molecule has 2 unspecified atom stereocenters. The summed E-state index contributed by atoms with van der Waals surface area (Å²) in [6.45, 7) is 1.88. The zero-order valence-electron chi connectivity index (χ0n) is 14.5.